The number of hydrogen-bond donors (Lipinski definition) is 0. The second-order valence-corrected chi connectivity index (χ2v) is 20.7. The highest BCUT2D eigenvalue weighted by molar-refractivity contribution is 7.04. The SMILES string of the molecule is Cc1cc2c3c(c1)N1c4ccccc4[Si](C)(C)c4cccc(c41)B3n1c3ccc(C(C)(C)C)cc3c3cc(C(C)(C)C)cc-2c31. The number of nitrogens with zero attached hydrogens (tertiary/aromatic N) is 2. The summed E-state index contributed by atoms with van der Waals surface area (Å²) in [5, 5.41) is 5.84. The highest BCUT2D eigenvalue weighted by atomic mass is 28.3. The van der Waals surface area contributed by atoms with Crippen molar-refractivity contribution in [3.05, 3.63) is 102 Å². The van der Waals surface area contributed by atoms with Gasteiger partial charge in [0.2, 0.25) is 0 Å². The number of benzene rings is 5. The third-order valence-electron chi connectivity index (χ3n) is 11.1. The van der Waals surface area contributed by atoms with Crippen LogP contribution in [-0.4, -0.2) is 19.4 Å². The van der Waals surface area contributed by atoms with Gasteiger partial charge >= 0.3 is 6.85 Å². The summed E-state index contributed by atoms with van der Waals surface area (Å²) in [4.78, 5) is 2.64. The second kappa shape index (κ2) is 8.41. The van der Waals surface area contributed by atoms with Crippen molar-refractivity contribution in [3.63, 3.8) is 0 Å². The van der Waals surface area contributed by atoms with Crippen molar-refractivity contribution in [1.29, 1.82) is 0 Å². The van der Waals surface area contributed by atoms with Crippen LogP contribution in [0.15, 0.2) is 84.9 Å². The van der Waals surface area contributed by atoms with Gasteiger partial charge in [-0.2, -0.15) is 0 Å². The summed E-state index contributed by atoms with van der Waals surface area (Å²) in [6.45, 7) is 21.5. The van der Waals surface area contributed by atoms with Gasteiger partial charge in [0.05, 0.1) is 0 Å². The van der Waals surface area contributed by atoms with Gasteiger partial charge in [-0.15, -0.1) is 0 Å². The van der Waals surface area contributed by atoms with Crippen molar-refractivity contribution < 1.29 is 0 Å². The summed E-state index contributed by atoms with van der Waals surface area (Å²) in [6, 6.07) is 33.7. The zero-order valence-electron chi connectivity index (χ0n) is 28.1. The Hall–Kier alpha value is -4.02. The molecule has 0 unspecified atom stereocenters. The fraction of sp³-hybridized carbons (Fsp3) is 0.268. The van der Waals surface area contributed by atoms with E-state index in [0.29, 0.717) is 0 Å². The monoisotopic (exact) mass is 600 g/mol. The first kappa shape index (κ1) is 27.3. The Balaban J connectivity index is 1.50. The highest BCUT2D eigenvalue weighted by Crippen LogP contribution is 2.48. The molecule has 4 heterocycles. The van der Waals surface area contributed by atoms with Gasteiger partial charge in [-0.3, -0.25) is 0 Å². The zero-order valence-corrected chi connectivity index (χ0v) is 29.1. The van der Waals surface area contributed by atoms with Crippen LogP contribution in [-0.2, 0) is 10.8 Å². The first-order valence-corrected chi connectivity index (χ1v) is 19.6. The summed E-state index contributed by atoms with van der Waals surface area (Å²) >= 11 is 0. The van der Waals surface area contributed by atoms with Crippen molar-refractivity contribution in [2.75, 3.05) is 4.90 Å². The number of anilines is 3. The number of aromatic nitrogens is 1. The molecular formula is C41H41BN2Si. The Morgan fingerprint density at radius 1 is 0.644 bits per heavy atom. The summed E-state index contributed by atoms with van der Waals surface area (Å²) in [6.07, 6.45) is 0. The van der Waals surface area contributed by atoms with E-state index in [9.17, 15) is 0 Å². The third kappa shape index (κ3) is 3.41. The predicted molar refractivity (Wildman–Crippen MR) is 199 cm³/mol. The van der Waals surface area contributed by atoms with Crippen LogP contribution in [0.2, 0.25) is 13.1 Å². The van der Waals surface area contributed by atoms with Crippen molar-refractivity contribution in [2.45, 2.75) is 72.4 Å². The number of fused-ring (bicyclic) bond motifs is 9. The molecule has 0 spiro atoms. The van der Waals surface area contributed by atoms with E-state index in [-0.39, 0.29) is 17.7 Å². The largest absolute Gasteiger partial charge is 0.375 e. The maximum absolute atomic E-state index is 2.72. The Kier molecular flexibility index (Phi) is 5.10. The summed E-state index contributed by atoms with van der Waals surface area (Å²) in [5.41, 5.74) is 16.7. The molecule has 1 aromatic heterocycles. The summed E-state index contributed by atoms with van der Waals surface area (Å²) in [7, 11) is -1.94. The normalized spacial score (nSPS) is 15.8. The average molecular weight is 601 g/mol. The number of hydrogen-bond acceptors (Lipinski definition) is 1. The van der Waals surface area contributed by atoms with Gasteiger partial charge in [-0.25, -0.2) is 0 Å². The predicted octanol–water partition coefficient (Wildman–Crippen LogP) is 8.25. The molecule has 3 aliphatic rings. The zero-order chi connectivity index (χ0) is 31.4. The minimum Gasteiger partial charge on any atom is -0.375 e. The third-order valence-corrected chi connectivity index (χ3v) is 14.6. The average Bonchev–Trinajstić information content (AvgIpc) is 3.31. The minimum atomic E-state index is -1.94. The van der Waals surface area contributed by atoms with Gasteiger partial charge in [-0.05, 0) is 97.7 Å². The lowest BCUT2D eigenvalue weighted by Gasteiger charge is -2.47. The van der Waals surface area contributed by atoms with E-state index in [2.05, 4.69) is 156 Å². The lowest BCUT2D eigenvalue weighted by molar-refractivity contribution is 0.590. The maximum atomic E-state index is 2.72. The van der Waals surface area contributed by atoms with Gasteiger partial charge in [0.15, 0.2) is 0 Å². The lowest BCUT2D eigenvalue weighted by atomic mass is 9.45. The van der Waals surface area contributed by atoms with Gasteiger partial charge < -0.3 is 9.38 Å². The van der Waals surface area contributed by atoms with Crippen LogP contribution in [0.5, 0.6) is 0 Å². The van der Waals surface area contributed by atoms with E-state index >= 15 is 0 Å². The molecule has 0 N–H and O–H groups in total. The van der Waals surface area contributed by atoms with Gasteiger partial charge in [0, 0.05) is 44.4 Å². The van der Waals surface area contributed by atoms with Crippen LogP contribution < -0.4 is 26.2 Å². The molecule has 0 aliphatic carbocycles. The van der Waals surface area contributed by atoms with Crippen LogP contribution >= 0.6 is 0 Å². The molecule has 0 saturated carbocycles. The van der Waals surface area contributed by atoms with Crippen LogP contribution in [0.3, 0.4) is 0 Å². The van der Waals surface area contributed by atoms with Crippen molar-refractivity contribution in [1.82, 2.24) is 4.48 Å². The van der Waals surface area contributed by atoms with Crippen LogP contribution in [0.1, 0.15) is 58.2 Å². The topological polar surface area (TPSA) is 8.17 Å². The summed E-state index contributed by atoms with van der Waals surface area (Å²) < 4.78 is 2.72. The highest BCUT2D eigenvalue weighted by Gasteiger charge is 2.48. The smallest absolute Gasteiger partial charge is 0.333 e. The van der Waals surface area contributed by atoms with Gasteiger partial charge in [0.1, 0.15) is 8.07 Å². The van der Waals surface area contributed by atoms with Crippen LogP contribution in [0.25, 0.3) is 32.9 Å². The quantitative estimate of drug-likeness (QED) is 0.159. The molecule has 0 amide bonds. The molecule has 0 atom stereocenters. The van der Waals surface area contributed by atoms with Gasteiger partial charge in [-0.1, -0.05) is 103 Å². The fourth-order valence-electron chi connectivity index (χ4n) is 8.70. The molecule has 0 radical (unpaired) electrons. The van der Waals surface area contributed by atoms with Crippen molar-refractivity contribution in [2.24, 2.45) is 0 Å². The molecule has 0 bridgehead atoms. The molecular weight excluding hydrogens is 559 g/mol. The Bertz CT molecular complexity index is 2290. The molecule has 4 heteroatoms. The van der Waals surface area contributed by atoms with Crippen LogP contribution in [0, 0.1) is 6.92 Å². The number of aryl methyl sites for hydroxylation is 1. The van der Waals surface area contributed by atoms with E-state index in [4.69, 9.17) is 0 Å². The molecule has 0 fully saturated rings. The molecule has 2 nitrogen and oxygen atoms in total. The van der Waals surface area contributed by atoms with E-state index < -0.39 is 8.07 Å². The maximum Gasteiger partial charge on any atom is 0.333 e. The Morgan fingerprint density at radius 3 is 2.11 bits per heavy atom. The molecule has 5 aromatic carbocycles. The van der Waals surface area contributed by atoms with E-state index in [1.54, 1.807) is 5.19 Å². The molecule has 3 aliphatic heterocycles. The van der Waals surface area contributed by atoms with Crippen molar-refractivity contribution >= 4 is 75.1 Å². The Labute approximate surface area is 268 Å². The molecule has 6 aromatic rings. The summed E-state index contributed by atoms with van der Waals surface area (Å²) in [5.74, 6) is 0. The van der Waals surface area contributed by atoms with E-state index in [0.717, 1.165) is 0 Å². The van der Waals surface area contributed by atoms with Gasteiger partial charge in [0.25, 0.3) is 0 Å². The van der Waals surface area contributed by atoms with Crippen LogP contribution in [0.4, 0.5) is 17.1 Å². The first-order chi connectivity index (χ1) is 21.3. The van der Waals surface area contributed by atoms with E-state index in [1.165, 1.54) is 82.8 Å². The lowest BCUT2D eigenvalue weighted by Crippen LogP contribution is -2.65. The first-order valence-electron chi connectivity index (χ1n) is 16.6. The molecule has 0 saturated heterocycles. The number of rotatable bonds is 0. The fourth-order valence-corrected chi connectivity index (χ4v) is 11.7. The minimum absolute atomic E-state index is 0.0327. The molecule has 45 heavy (non-hydrogen) atoms. The van der Waals surface area contributed by atoms with E-state index in [1.807, 2.05) is 0 Å². The molecule has 9 rings (SSSR count). The standard InChI is InChI=1S/C41H41BN2Si/c1-24-19-28-30-23-26(41(5,6)7)22-29-27-21-25(40(2,3)4)17-18-32(27)44(38(29)30)42-31-13-12-16-36-39(31)43(34(20-24)37(28)42)33-14-10-11-15-35(33)45(36,8)9/h10-23H,1-9H3. The van der Waals surface area contributed by atoms with Crippen molar-refractivity contribution in [3.8, 4) is 11.1 Å². The Morgan fingerprint density at radius 2 is 1.36 bits per heavy atom. The molecule has 222 valence electrons. The second-order valence-electron chi connectivity index (χ2n) is 16.4. The number of para-hydroxylation sites is 2.